The lowest BCUT2D eigenvalue weighted by Crippen LogP contribution is -2.03. The van der Waals surface area contributed by atoms with Crippen LogP contribution in [0.25, 0.3) is 24.3 Å². The number of hydrogen-bond acceptors (Lipinski definition) is 2. The maximum atomic E-state index is 3.54. The van der Waals surface area contributed by atoms with Gasteiger partial charge in [-0.25, -0.2) is 0 Å². The fraction of sp³-hybridized carbons (Fsp3) is 0.200. The van der Waals surface area contributed by atoms with Gasteiger partial charge in [-0.3, -0.25) is 0 Å². The van der Waals surface area contributed by atoms with Crippen LogP contribution in [0.1, 0.15) is 48.5 Å². The number of rotatable bonds is 0. The number of nitrogens with one attached hydrogen (secondary N) is 4. The van der Waals surface area contributed by atoms with E-state index in [1.54, 1.807) is 0 Å². The van der Waals surface area contributed by atoms with Crippen molar-refractivity contribution in [3.8, 4) is 0 Å². The number of aromatic nitrogens is 2. The fourth-order valence-corrected chi connectivity index (χ4v) is 3.58. The number of H-pyrrole nitrogens is 2. The van der Waals surface area contributed by atoms with Crippen LogP contribution < -0.4 is 10.6 Å². The number of hydrogen-bond donors (Lipinski definition) is 4. The van der Waals surface area contributed by atoms with Crippen molar-refractivity contribution in [2.24, 2.45) is 0 Å². The van der Waals surface area contributed by atoms with E-state index in [1.165, 1.54) is 22.8 Å². The van der Waals surface area contributed by atoms with Crippen molar-refractivity contribution in [1.82, 2.24) is 20.6 Å². The Morgan fingerprint density at radius 1 is 0.458 bits per heavy atom. The van der Waals surface area contributed by atoms with E-state index in [0.29, 0.717) is 0 Å². The van der Waals surface area contributed by atoms with E-state index in [4.69, 9.17) is 0 Å². The van der Waals surface area contributed by atoms with Crippen molar-refractivity contribution < 1.29 is 0 Å². The Kier molecular flexibility index (Phi) is 3.01. The molecule has 2 aromatic heterocycles. The van der Waals surface area contributed by atoms with Gasteiger partial charge in [0.25, 0.3) is 0 Å². The van der Waals surface area contributed by atoms with Gasteiger partial charge in [-0.05, 0) is 74.3 Å². The quantitative estimate of drug-likeness (QED) is 0.589. The van der Waals surface area contributed by atoms with Crippen molar-refractivity contribution in [3.05, 3.63) is 69.8 Å². The summed E-state index contributed by atoms with van der Waals surface area (Å²) in [5, 5.41) is 7.08. The molecule has 0 aliphatic carbocycles. The minimum Gasteiger partial charge on any atom is -0.362 e. The van der Waals surface area contributed by atoms with Crippen LogP contribution >= 0.6 is 0 Å². The first kappa shape index (κ1) is 13.5. The van der Waals surface area contributed by atoms with Gasteiger partial charge in [-0.2, -0.15) is 0 Å². The third-order valence-electron chi connectivity index (χ3n) is 4.75. The molecule has 0 unspecified atom stereocenters. The van der Waals surface area contributed by atoms with Crippen LogP contribution in [-0.4, -0.2) is 9.97 Å². The van der Waals surface area contributed by atoms with Gasteiger partial charge in [0.2, 0.25) is 0 Å². The van der Waals surface area contributed by atoms with E-state index in [2.05, 4.69) is 69.2 Å². The minimum absolute atomic E-state index is 1.06. The highest BCUT2D eigenvalue weighted by molar-refractivity contribution is 5.62. The predicted octanol–water partition coefficient (Wildman–Crippen LogP) is 4.19. The summed E-state index contributed by atoms with van der Waals surface area (Å²) in [6, 6.07) is 8.57. The lowest BCUT2D eigenvalue weighted by atomic mass is 10.2. The molecule has 5 rings (SSSR count). The summed E-state index contributed by atoms with van der Waals surface area (Å²) in [5.41, 5.74) is 9.65. The summed E-state index contributed by atoms with van der Waals surface area (Å²) < 4.78 is 0. The zero-order chi connectivity index (χ0) is 15.9. The highest BCUT2D eigenvalue weighted by atomic mass is 14.9. The van der Waals surface area contributed by atoms with Crippen molar-refractivity contribution in [2.75, 3.05) is 0 Å². The van der Waals surface area contributed by atoms with Crippen LogP contribution in [-0.2, 0) is 0 Å². The molecular formula is C20H20N4. The van der Waals surface area contributed by atoms with E-state index in [-0.39, 0.29) is 0 Å². The fourth-order valence-electron chi connectivity index (χ4n) is 3.58. The average molecular weight is 316 g/mol. The van der Waals surface area contributed by atoms with Crippen LogP contribution in [0.3, 0.4) is 0 Å². The Balaban J connectivity index is 1.59. The van der Waals surface area contributed by atoms with Crippen molar-refractivity contribution in [1.29, 1.82) is 0 Å². The number of aromatic amines is 2. The maximum absolute atomic E-state index is 3.54. The molecular weight excluding hydrogens is 296 g/mol. The minimum atomic E-state index is 1.06. The summed E-state index contributed by atoms with van der Waals surface area (Å²) >= 11 is 0. The van der Waals surface area contributed by atoms with E-state index in [9.17, 15) is 0 Å². The molecule has 3 aliphatic heterocycles. The molecule has 3 aliphatic rings. The van der Waals surface area contributed by atoms with Gasteiger partial charge in [0, 0.05) is 45.6 Å². The first-order valence-corrected chi connectivity index (χ1v) is 8.54. The topological polar surface area (TPSA) is 55.6 Å². The Labute approximate surface area is 141 Å². The van der Waals surface area contributed by atoms with Crippen LogP contribution in [0, 0.1) is 0 Å². The molecule has 4 nitrogen and oxygen atoms in total. The number of fused-ring (bicyclic) bond motifs is 8. The second-order valence-electron chi connectivity index (χ2n) is 6.67. The van der Waals surface area contributed by atoms with Gasteiger partial charge in [0.1, 0.15) is 0 Å². The highest BCUT2D eigenvalue weighted by Crippen LogP contribution is 2.26. The molecule has 2 fully saturated rings. The first-order chi connectivity index (χ1) is 11.8. The van der Waals surface area contributed by atoms with E-state index in [1.807, 2.05) is 0 Å². The normalized spacial score (nSPS) is 25.5. The number of allylic oxidation sites excluding steroid dienone is 4. The molecule has 2 saturated heterocycles. The van der Waals surface area contributed by atoms with Crippen LogP contribution in [0.15, 0.2) is 47.1 Å². The molecule has 0 spiro atoms. The van der Waals surface area contributed by atoms with Gasteiger partial charge in [0.05, 0.1) is 0 Å². The molecule has 4 N–H and O–H groups in total. The Morgan fingerprint density at radius 2 is 0.750 bits per heavy atom. The molecule has 8 bridgehead atoms. The van der Waals surface area contributed by atoms with Gasteiger partial charge in [-0.15, -0.1) is 0 Å². The third-order valence-corrected chi connectivity index (χ3v) is 4.75. The van der Waals surface area contributed by atoms with Gasteiger partial charge in [0.15, 0.2) is 0 Å². The van der Waals surface area contributed by atoms with Gasteiger partial charge < -0.3 is 20.6 Å². The summed E-state index contributed by atoms with van der Waals surface area (Å²) in [4.78, 5) is 6.97. The SMILES string of the molecule is C1=C2CC/C(=C/c3ccc([nH]3)/C=C3/CC/C(=C/c4ccc1[nH]4)N3)N2. The molecule has 0 saturated carbocycles. The molecule has 0 aromatic carbocycles. The lowest BCUT2D eigenvalue weighted by Gasteiger charge is -2.02. The monoisotopic (exact) mass is 316 g/mol. The van der Waals surface area contributed by atoms with E-state index in [0.717, 1.165) is 48.5 Å². The molecule has 120 valence electrons. The third kappa shape index (κ3) is 2.60. The Bertz CT molecular complexity index is 772. The van der Waals surface area contributed by atoms with Crippen molar-refractivity contribution >= 4 is 24.3 Å². The molecule has 24 heavy (non-hydrogen) atoms. The standard InChI is InChI=1S/C20H20N4/c1-2-14-10-16-5-6-18(23-16)12-20-8-7-19(24-20)11-17-4-3-15(22-17)9-13(1)21-14/h1-2,7-12,21-24H,3-6H2/b15-9-,16-10-,17-11-,18-12?. The van der Waals surface area contributed by atoms with Crippen LogP contribution in [0.2, 0.25) is 0 Å². The predicted molar refractivity (Wildman–Crippen MR) is 98.2 cm³/mol. The molecule has 4 heteroatoms. The summed E-state index contributed by atoms with van der Waals surface area (Å²) in [6.45, 7) is 0. The molecule has 0 amide bonds. The summed E-state index contributed by atoms with van der Waals surface area (Å²) in [6.07, 6.45) is 13.1. The highest BCUT2D eigenvalue weighted by Gasteiger charge is 2.14. The molecule has 5 heterocycles. The zero-order valence-corrected chi connectivity index (χ0v) is 13.4. The lowest BCUT2D eigenvalue weighted by molar-refractivity contribution is 1.06. The maximum Gasteiger partial charge on any atom is 0.0402 e. The Morgan fingerprint density at radius 3 is 1.04 bits per heavy atom. The van der Waals surface area contributed by atoms with Crippen LogP contribution in [0.4, 0.5) is 0 Å². The molecule has 0 radical (unpaired) electrons. The van der Waals surface area contributed by atoms with Crippen LogP contribution in [0.5, 0.6) is 0 Å². The average Bonchev–Trinajstić information content (AvgIpc) is 3.32. The first-order valence-electron chi connectivity index (χ1n) is 8.54. The molecule has 2 aromatic rings. The van der Waals surface area contributed by atoms with E-state index >= 15 is 0 Å². The largest absolute Gasteiger partial charge is 0.362 e. The van der Waals surface area contributed by atoms with Gasteiger partial charge in [-0.1, -0.05) is 0 Å². The van der Waals surface area contributed by atoms with E-state index < -0.39 is 0 Å². The summed E-state index contributed by atoms with van der Waals surface area (Å²) in [5.74, 6) is 0. The second-order valence-corrected chi connectivity index (χ2v) is 6.67. The zero-order valence-electron chi connectivity index (χ0n) is 13.4. The van der Waals surface area contributed by atoms with Gasteiger partial charge >= 0.3 is 0 Å². The van der Waals surface area contributed by atoms with Crippen molar-refractivity contribution in [3.63, 3.8) is 0 Å². The summed E-state index contributed by atoms with van der Waals surface area (Å²) in [7, 11) is 0. The van der Waals surface area contributed by atoms with Crippen molar-refractivity contribution in [2.45, 2.75) is 25.7 Å². The Hall–Kier alpha value is -2.88. The molecule has 0 atom stereocenters. The smallest absolute Gasteiger partial charge is 0.0402 e. The second kappa shape index (κ2) is 5.34.